The number of nitrogens with one attached hydrogen (secondary N) is 1. The van der Waals surface area contributed by atoms with Crippen LogP contribution in [0.15, 0.2) is 12.1 Å². The minimum atomic E-state index is 0.137. The highest BCUT2D eigenvalue weighted by Gasteiger charge is 2.13. The number of hydrogen-bond donors (Lipinski definition) is 1. The van der Waals surface area contributed by atoms with Gasteiger partial charge in [0.2, 0.25) is 0 Å². The zero-order chi connectivity index (χ0) is 15.3. The molecule has 1 aromatic heterocycles. The van der Waals surface area contributed by atoms with E-state index in [9.17, 15) is 0 Å². The topological polar surface area (TPSA) is 28.2 Å². The van der Waals surface area contributed by atoms with Crippen LogP contribution in [-0.4, -0.2) is 23.6 Å². The molecule has 0 bridgehead atoms. The molecule has 0 spiro atoms. The summed E-state index contributed by atoms with van der Waals surface area (Å²) < 4.78 is 0. The highest BCUT2D eigenvalue weighted by Crippen LogP contribution is 2.18. The highest BCUT2D eigenvalue weighted by molar-refractivity contribution is 5.43. The Balaban J connectivity index is 2.96. The van der Waals surface area contributed by atoms with Crippen LogP contribution in [0.1, 0.15) is 59.2 Å². The van der Waals surface area contributed by atoms with Gasteiger partial charge in [0.15, 0.2) is 0 Å². The number of anilines is 1. The largest absolute Gasteiger partial charge is 0.357 e. The fraction of sp³-hybridized carbons (Fsp3) is 0.706. The second-order valence-corrected chi connectivity index (χ2v) is 6.65. The number of nitrogens with zero attached hydrogens (tertiary/aromatic N) is 2. The molecule has 1 heterocycles. The maximum atomic E-state index is 4.76. The minimum absolute atomic E-state index is 0.137. The van der Waals surface area contributed by atoms with Gasteiger partial charge in [0, 0.05) is 30.9 Å². The van der Waals surface area contributed by atoms with E-state index in [1.165, 1.54) is 11.3 Å². The summed E-state index contributed by atoms with van der Waals surface area (Å²) in [7, 11) is 2.14. The van der Waals surface area contributed by atoms with Crippen molar-refractivity contribution in [1.82, 2.24) is 10.3 Å². The van der Waals surface area contributed by atoms with Crippen LogP contribution in [0.4, 0.5) is 5.82 Å². The van der Waals surface area contributed by atoms with Gasteiger partial charge in [-0.25, -0.2) is 4.98 Å². The first-order chi connectivity index (χ1) is 9.26. The lowest BCUT2D eigenvalue weighted by Crippen LogP contribution is -2.35. The zero-order valence-electron chi connectivity index (χ0n) is 14.2. The summed E-state index contributed by atoms with van der Waals surface area (Å²) >= 11 is 0. The van der Waals surface area contributed by atoms with Gasteiger partial charge in [0.05, 0.1) is 0 Å². The molecular formula is C17H31N3. The first-order valence-electron chi connectivity index (χ1n) is 7.74. The standard InChI is InChI=1S/C17H31N3/c1-8-13(3)20(7)16-11-14(10-15(9-2)19-16)12-18-17(4,5)6/h10-11,13,18H,8-9,12H2,1-7H3. The first-order valence-corrected chi connectivity index (χ1v) is 7.74. The maximum Gasteiger partial charge on any atom is 0.129 e. The number of rotatable bonds is 6. The first kappa shape index (κ1) is 17.0. The molecule has 0 fully saturated rings. The van der Waals surface area contributed by atoms with Gasteiger partial charge in [-0.3, -0.25) is 0 Å². The molecule has 1 unspecified atom stereocenters. The van der Waals surface area contributed by atoms with Gasteiger partial charge in [-0.15, -0.1) is 0 Å². The summed E-state index contributed by atoms with van der Waals surface area (Å²) in [4.78, 5) is 7.04. The molecule has 1 rings (SSSR count). The van der Waals surface area contributed by atoms with Crippen LogP contribution in [0, 0.1) is 0 Å². The highest BCUT2D eigenvalue weighted by atomic mass is 15.2. The van der Waals surface area contributed by atoms with Crippen molar-refractivity contribution in [3.8, 4) is 0 Å². The summed E-state index contributed by atoms with van der Waals surface area (Å²) in [5.74, 6) is 1.09. The predicted octanol–water partition coefficient (Wildman–Crippen LogP) is 3.77. The van der Waals surface area contributed by atoms with E-state index in [2.05, 4.69) is 70.9 Å². The maximum absolute atomic E-state index is 4.76. The van der Waals surface area contributed by atoms with Crippen LogP contribution in [0.25, 0.3) is 0 Å². The lowest BCUT2D eigenvalue weighted by molar-refractivity contribution is 0.424. The van der Waals surface area contributed by atoms with E-state index >= 15 is 0 Å². The van der Waals surface area contributed by atoms with Crippen LogP contribution >= 0.6 is 0 Å². The smallest absolute Gasteiger partial charge is 0.129 e. The summed E-state index contributed by atoms with van der Waals surface area (Å²) in [6, 6.07) is 4.94. The van der Waals surface area contributed by atoms with Crippen molar-refractivity contribution < 1.29 is 0 Å². The number of pyridine rings is 1. The van der Waals surface area contributed by atoms with E-state index in [1.54, 1.807) is 0 Å². The van der Waals surface area contributed by atoms with Crippen LogP contribution in [-0.2, 0) is 13.0 Å². The fourth-order valence-electron chi connectivity index (χ4n) is 1.96. The van der Waals surface area contributed by atoms with Crippen molar-refractivity contribution in [2.24, 2.45) is 0 Å². The van der Waals surface area contributed by atoms with Crippen molar-refractivity contribution in [1.29, 1.82) is 0 Å². The van der Waals surface area contributed by atoms with Gasteiger partial charge < -0.3 is 10.2 Å². The molecule has 1 atom stereocenters. The second-order valence-electron chi connectivity index (χ2n) is 6.65. The molecule has 0 aromatic carbocycles. The molecule has 0 saturated heterocycles. The van der Waals surface area contributed by atoms with E-state index in [0.717, 1.165) is 25.2 Å². The van der Waals surface area contributed by atoms with Crippen molar-refractivity contribution in [3.05, 3.63) is 23.4 Å². The molecule has 0 aliphatic rings. The molecule has 0 aliphatic carbocycles. The quantitative estimate of drug-likeness (QED) is 0.858. The Hall–Kier alpha value is -1.09. The van der Waals surface area contributed by atoms with E-state index < -0.39 is 0 Å². The van der Waals surface area contributed by atoms with Gasteiger partial charge in [-0.05, 0) is 58.2 Å². The number of aryl methyl sites for hydroxylation is 1. The Kier molecular flexibility index (Phi) is 6.00. The van der Waals surface area contributed by atoms with Gasteiger partial charge in [0.1, 0.15) is 5.82 Å². The van der Waals surface area contributed by atoms with Crippen LogP contribution in [0.3, 0.4) is 0 Å². The van der Waals surface area contributed by atoms with E-state index in [0.29, 0.717) is 6.04 Å². The Morgan fingerprint density at radius 1 is 1.25 bits per heavy atom. The Morgan fingerprint density at radius 2 is 1.90 bits per heavy atom. The summed E-state index contributed by atoms with van der Waals surface area (Å²) in [6.45, 7) is 14.1. The summed E-state index contributed by atoms with van der Waals surface area (Å²) in [5, 5.41) is 3.55. The van der Waals surface area contributed by atoms with Gasteiger partial charge in [-0.2, -0.15) is 0 Å². The van der Waals surface area contributed by atoms with Crippen molar-refractivity contribution in [3.63, 3.8) is 0 Å². The Morgan fingerprint density at radius 3 is 2.40 bits per heavy atom. The minimum Gasteiger partial charge on any atom is -0.357 e. The van der Waals surface area contributed by atoms with E-state index in [1.807, 2.05) is 0 Å². The van der Waals surface area contributed by atoms with Crippen LogP contribution < -0.4 is 10.2 Å². The zero-order valence-corrected chi connectivity index (χ0v) is 14.2. The fourth-order valence-corrected chi connectivity index (χ4v) is 1.96. The Bertz CT molecular complexity index is 421. The van der Waals surface area contributed by atoms with Crippen LogP contribution in [0.5, 0.6) is 0 Å². The van der Waals surface area contributed by atoms with E-state index in [-0.39, 0.29) is 5.54 Å². The van der Waals surface area contributed by atoms with Crippen molar-refractivity contribution in [2.75, 3.05) is 11.9 Å². The van der Waals surface area contributed by atoms with Crippen LogP contribution in [0.2, 0.25) is 0 Å². The lowest BCUT2D eigenvalue weighted by Gasteiger charge is -2.26. The molecule has 0 aliphatic heterocycles. The molecule has 0 amide bonds. The third-order valence-electron chi connectivity index (χ3n) is 3.72. The SMILES string of the molecule is CCc1cc(CNC(C)(C)C)cc(N(C)C(C)CC)n1. The summed E-state index contributed by atoms with van der Waals surface area (Å²) in [5.41, 5.74) is 2.62. The predicted molar refractivity (Wildman–Crippen MR) is 88.4 cm³/mol. The second kappa shape index (κ2) is 7.07. The Labute approximate surface area is 124 Å². The van der Waals surface area contributed by atoms with Gasteiger partial charge in [-0.1, -0.05) is 13.8 Å². The van der Waals surface area contributed by atoms with Crippen molar-refractivity contribution in [2.45, 2.75) is 72.5 Å². The third-order valence-corrected chi connectivity index (χ3v) is 3.72. The third kappa shape index (κ3) is 5.12. The average Bonchev–Trinajstić information content (AvgIpc) is 2.42. The molecule has 1 N–H and O–H groups in total. The van der Waals surface area contributed by atoms with Gasteiger partial charge >= 0.3 is 0 Å². The summed E-state index contributed by atoms with van der Waals surface area (Å²) in [6.07, 6.45) is 2.11. The normalized spacial score (nSPS) is 13.3. The number of hydrogen-bond acceptors (Lipinski definition) is 3. The molecule has 20 heavy (non-hydrogen) atoms. The monoisotopic (exact) mass is 277 g/mol. The molecule has 3 heteroatoms. The van der Waals surface area contributed by atoms with Gasteiger partial charge in [0.25, 0.3) is 0 Å². The average molecular weight is 277 g/mol. The van der Waals surface area contributed by atoms with E-state index in [4.69, 9.17) is 4.98 Å². The molecule has 0 radical (unpaired) electrons. The molecular weight excluding hydrogens is 246 g/mol. The number of aromatic nitrogens is 1. The molecule has 0 saturated carbocycles. The molecule has 1 aromatic rings. The lowest BCUT2D eigenvalue weighted by atomic mass is 10.1. The van der Waals surface area contributed by atoms with Crippen molar-refractivity contribution >= 4 is 5.82 Å². The molecule has 3 nitrogen and oxygen atoms in total. The molecule has 114 valence electrons.